The maximum atomic E-state index is 13.2. The van der Waals surface area contributed by atoms with Crippen LogP contribution in [0.15, 0.2) is 59.5 Å². The molecular formula is C17H17IO2S. The van der Waals surface area contributed by atoms with E-state index in [-0.39, 0.29) is 0 Å². The van der Waals surface area contributed by atoms with Gasteiger partial charge in [0.1, 0.15) is 0 Å². The van der Waals surface area contributed by atoms with Crippen LogP contribution in [0.1, 0.15) is 17.5 Å². The number of rotatable bonds is 4. The summed E-state index contributed by atoms with van der Waals surface area (Å²) < 4.78 is 26.6. The molecule has 0 aliphatic heterocycles. The molecule has 0 amide bonds. The van der Waals surface area contributed by atoms with Gasteiger partial charge in [0, 0.05) is 4.43 Å². The molecule has 4 heteroatoms. The molecule has 0 saturated carbocycles. The number of fused-ring (bicyclic) bond motifs is 1. The average Bonchev–Trinajstić information content (AvgIpc) is 2.88. The molecule has 0 radical (unpaired) electrons. The first-order valence-electron chi connectivity index (χ1n) is 7.01. The van der Waals surface area contributed by atoms with Gasteiger partial charge in [-0.15, -0.1) is 0 Å². The van der Waals surface area contributed by atoms with E-state index in [0.717, 1.165) is 4.43 Å². The molecule has 0 spiro atoms. The van der Waals surface area contributed by atoms with Crippen LogP contribution in [0.4, 0.5) is 0 Å². The molecule has 0 saturated heterocycles. The van der Waals surface area contributed by atoms with Crippen molar-refractivity contribution in [2.24, 2.45) is 0 Å². The predicted molar refractivity (Wildman–Crippen MR) is 93.7 cm³/mol. The van der Waals surface area contributed by atoms with Crippen LogP contribution < -0.4 is 0 Å². The van der Waals surface area contributed by atoms with E-state index >= 15 is 0 Å². The summed E-state index contributed by atoms with van der Waals surface area (Å²) in [5.41, 5.74) is 2.36. The Bertz CT molecular complexity index is 713. The van der Waals surface area contributed by atoms with Gasteiger partial charge in [-0.3, -0.25) is 0 Å². The van der Waals surface area contributed by atoms with Crippen molar-refractivity contribution in [2.75, 3.05) is 4.43 Å². The first-order chi connectivity index (χ1) is 10.1. The van der Waals surface area contributed by atoms with Crippen molar-refractivity contribution in [3.05, 3.63) is 65.7 Å². The molecule has 2 aromatic rings. The Balaban J connectivity index is 2.09. The molecule has 0 aromatic heterocycles. The SMILES string of the molecule is O=S(=O)(c1ccccc1)C1(CCI)Cc2ccccc2C1. The van der Waals surface area contributed by atoms with Gasteiger partial charge >= 0.3 is 0 Å². The van der Waals surface area contributed by atoms with E-state index in [1.54, 1.807) is 24.3 Å². The lowest BCUT2D eigenvalue weighted by molar-refractivity contribution is 0.509. The van der Waals surface area contributed by atoms with Crippen molar-refractivity contribution in [3.63, 3.8) is 0 Å². The van der Waals surface area contributed by atoms with Gasteiger partial charge < -0.3 is 0 Å². The van der Waals surface area contributed by atoms with Crippen LogP contribution in [0.25, 0.3) is 0 Å². The second-order valence-electron chi connectivity index (χ2n) is 5.56. The molecule has 0 unspecified atom stereocenters. The van der Waals surface area contributed by atoms with Crippen LogP contribution in [0, 0.1) is 0 Å². The third kappa shape index (κ3) is 2.52. The minimum Gasteiger partial charge on any atom is -0.223 e. The molecule has 2 nitrogen and oxygen atoms in total. The molecule has 0 atom stereocenters. The summed E-state index contributed by atoms with van der Waals surface area (Å²) >= 11 is 2.28. The molecular weight excluding hydrogens is 395 g/mol. The van der Waals surface area contributed by atoms with Crippen LogP contribution in [0.3, 0.4) is 0 Å². The van der Waals surface area contributed by atoms with Gasteiger partial charge in [-0.25, -0.2) is 8.42 Å². The Hall–Kier alpha value is -0.880. The highest BCUT2D eigenvalue weighted by atomic mass is 127. The van der Waals surface area contributed by atoms with Crippen LogP contribution in [0.5, 0.6) is 0 Å². The second-order valence-corrected chi connectivity index (χ2v) is 8.98. The lowest BCUT2D eigenvalue weighted by atomic mass is 10.0. The zero-order valence-electron chi connectivity index (χ0n) is 11.6. The van der Waals surface area contributed by atoms with Crippen molar-refractivity contribution in [1.82, 2.24) is 0 Å². The molecule has 1 aliphatic carbocycles. The predicted octanol–water partition coefficient (Wildman–Crippen LogP) is 3.82. The van der Waals surface area contributed by atoms with E-state index in [1.807, 2.05) is 18.2 Å². The van der Waals surface area contributed by atoms with E-state index in [9.17, 15) is 8.42 Å². The van der Waals surface area contributed by atoms with Gasteiger partial charge in [0.15, 0.2) is 9.84 Å². The van der Waals surface area contributed by atoms with Gasteiger partial charge in [0.2, 0.25) is 0 Å². The molecule has 3 rings (SSSR count). The van der Waals surface area contributed by atoms with Crippen LogP contribution in [-0.4, -0.2) is 17.6 Å². The molecule has 0 heterocycles. The first kappa shape index (κ1) is 15.0. The molecule has 21 heavy (non-hydrogen) atoms. The van der Waals surface area contributed by atoms with E-state index in [1.165, 1.54) is 11.1 Å². The summed E-state index contributed by atoms with van der Waals surface area (Å²) in [6, 6.07) is 17.0. The summed E-state index contributed by atoms with van der Waals surface area (Å²) in [5, 5.41) is 0. The topological polar surface area (TPSA) is 34.1 Å². The standard InChI is InChI=1S/C17H17IO2S/c18-11-10-17(12-14-6-4-5-7-15(14)13-17)21(19,20)16-8-2-1-3-9-16/h1-9H,10-13H2. The van der Waals surface area contributed by atoms with E-state index in [2.05, 4.69) is 34.7 Å². The summed E-state index contributed by atoms with van der Waals surface area (Å²) in [6.07, 6.45) is 1.95. The number of hydrogen-bond donors (Lipinski definition) is 0. The third-order valence-corrected chi connectivity index (χ3v) is 7.38. The van der Waals surface area contributed by atoms with Crippen molar-refractivity contribution in [3.8, 4) is 0 Å². The Morgan fingerprint density at radius 2 is 1.43 bits per heavy atom. The third-order valence-electron chi connectivity index (χ3n) is 4.32. The van der Waals surface area contributed by atoms with E-state index in [4.69, 9.17) is 0 Å². The van der Waals surface area contributed by atoms with Crippen LogP contribution >= 0.6 is 22.6 Å². The molecule has 1 aliphatic rings. The summed E-state index contributed by atoms with van der Waals surface area (Å²) in [7, 11) is -3.33. The molecule has 110 valence electrons. The van der Waals surface area contributed by atoms with Crippen molar-refractivity contribution >= 4 is 32.4 Å². The summed E-state index contributed by atoms with van der Waals surface area (Å²) in [5.74, 6) is 0. The second kappa shape index (κ2) is 5.72. The fourth-order valence-electron chi connectivity index (χ4n) is 3.18. The Kier molecular flexibility index (Phi) is 4.10. The molecule has 0 N–H and O–H groups in total. The average molecular weight is 412 g/mol. The molecule has 2 aromatic carbocycles. The van der Waals surface area contributed by atoms with Gasteiger partial charge in [0.05, 0.1) is 9.64 Å². The Morgan fingerprint density at radius 1 is 0.905 bits per heavy atom. The number of hydrogen-bond acceptors (Lipinski definition) is 2. The monoisotopic (exact) mass is 412 g/mol. The lowest BCUT2D eigenvalue weighted by Crippen LogP contribution is -2.40. The maximum absolute atomic E-state index is 13.2. The number of benzene rings is 2. The van der Waals surface area contributed by atoms with Crippen molar-refractivity contribution < 1.29 is 8.42 Å². The zero-order chi connectivity index (χ0) is 14.9. The number of sulfone groups is 1. The van der Waals surface area contributed by atoms with Crippen molar-refractivity contribution in [2.45, 2.75) is 28.9 Å². The fourth-order valence-corrected chi connectivity index (χ4v) is 6.66. The van der Waals surface area contributed by atoms with Crippen LogP contribution in [0.2, 0.25) is 0 Å². The minimum atomic E-state index is -3.33. The van der Waals surface area contributed by atoms with E-state index in [0.29, 0.717) is 24.2 Å². The van der Waals surface area contributed by atoms with Gasteiger partial charge in [-0.2, -0.15) is 0 Å². The quantitative estimate of drug-likeness (QED) is 0.565. The molecule has 0 fully saturated rings. The minimum absolute atomic E-state index is 0.447. The fraction of sp³-hybridized carbons (Fsp3) is 0.294. The summed E-state index contributed by atoms with van der Waals surface area (Å²) in [4.78, 5) is 0.447. The van der Waals surface area contributed by atoms with Crippen molar-refractivity contribution in [1.29, 1.82) is 0 Å². The van der Waals surface area contributed by atoms with Gasteiger partial charge in [0.25, 0.3) is 0 Å². The normalized spacial score (nSPS) is 16.6. The largest absolute Gasteiger partial charge is 0.223 e. The number of alkyl halides is 1. The van der Waals surface area contributed by atoms with E-state index < -0.39 is 14.6 Å². The maximum Gasteiger partial charge on any atom is 0.184 e. The highest BCUT2D eigenvalue weighted by Crippen LogP contribution is 2.42. The highest BCUT2D eigenvalue weighted by molar-refractivity contribution is 14.1. The zero-order valence-corrected chi connectivity index (χ0v) is 14.6. The Labute approximate surface area is 139 Å². The van der Waals surface area contributed by atoms with Crippen LogP contribution in [-0.2, 0) is 22.7 Å². The van der Waals surface area contributed by atoms with Gasteiger partial charge in [-0.1, -0.05) is 65.1 Å². The summed E-state index contributed by atoms with van der Waals surface area (Å²) in [6.45, 7) is 0. The number of halogens is 1. The van der Waals surface area contributed by atoms with Gasteiger partial charge in [-0.05, 0) is 42.5 Å². The lowest BCUT2D eigenvalue weighted by Gasteiger charge is -2.28. The first-order valence-corrected chi connectivity index (χ1v) is 10.0. The smallest absolute Gasteiger partial charge is 0.184 e. The highest BCUT2D eigenvalue weighted by Gasteiger charge is 2.48. The molecule has 0 bridgehead atoms. The Morgan fingerprint density at radius 3 is 1.95 bits per heavy atom.